The summed E-state index contributed by atoms with van der Waals surface area (Å²) in [5.41, 5.74) is 5.18. The minimum atomic E-state index is -0.985. The average Bonchev–Trinajstić information content (AvgIpc) is 2.69. The first kappa shape index (κ1) is 8.69. The summed E-state index contributed by atoms with van der Waals surface area (Å²) in [5, 5.41) is 0. The lowest BCUT2D eigenvalue weighted by Crippen LogP contribution is -2.36. The summed E-state index contributed by atoms with van der Waals surface area (Å²) in [5.74, 6) is -0.450. The normalized spacial score (nSPS) is 24.0. The second kappa shape index (κ2) is 3.10. The Labute approximate surface area is 82.0 Å². The van der Waals surface area contributed by atoms with Crippen LogP contribution in [0.3, 0.4) is 0 Å². The fourth-order valence-corrected chi connectivity index (χ4v) is 1.54. The number of hydrogen-bond donors (Lipinski definition) is 1. The third kappa shape index (κ3) is 1.14. The largest absolute Gasteiger partial charge is 0.367 e. The number of rotatable bonds is 2. The van der Waals surface area contributed by atoms with Gasteiger partial charge < -0.3 is 5.73 Å². The van der Waals surface area contributed by atoms with Gasteiger partial charge in [0.2, 0.25) is 0 Å². The minimum Gasteiger partial charge on any atom is -0.367 e. The Balaban J connectivity index is 2.54. The minimum absolute atomic E-state index is 0.450. The van der Waals surface area contributed by atoms with Gasteiger partial charge in [-0.3, -0.25) is 9.79 Å². The van der Waals surface area contributed by atoms with Crippen LogP contribution in [0.15, 0.2) is 47.5 Å². The standard InChI is InChI=1S/C11H10N2O/c12-10(14)11(7-4-8-13-11)9-5-2-1-3-6-9/h1-8H,(H2,12,14). The molecule has 1 heterocycles. The Morgan fingerprint density at radius 2 is 2.00 bits per heavy atom. The zero-order chi connectivity index (χ0) is 10.0. The zero-order valence-corrected chi connectivity index (χ0v) is 7.55. The lowest BCUT2D eigenvalue weighted by molar-refractivity contribution is -0.121. The predicted molar refractivity (Wildman–Crippen MR) is 54.9 cm³/mol. The molecule has 0 radical (unpaired) electrons. The number of hydrogen-bond acceptors (Lipinski definition) is 2. The summed E-state index contributed by atoms with van der Waals surface area (Å²) in [6, 6.07) is 9.31. The molecule has 0 saturated carbocycles. The summed E-state index contributed by atoms with van der Waals surface area (Å²) in [6.45, 7) is 0. The van der Waals surface area contributed by atoms with Crippen LogP contribution in [0, 0.1) is 0 Å². The van der Waals surface area contributed by atoms with Gasteiger partial charge in [0.25, 0.3) is 5.91 Å². The van der Waals surface area contributed by atoms with Crippen LogP contribution in [0.5, 0.6) is 0 Å². The molecule has 1 aliphatic rings. The number of nitrogens with two attached hydrogens (primary N) is 1. The van der Waals surface area contributed by atoms with Gasteiger partial charge in [-0.1, -0.05) is 30.3 Å². The van der Waals surface area contributed by atoms with E-state index in [4.69, 9.17) is 5.73 Å². The molecule has 0 aliphatic carbocycles. The van der Waals surface area contributed by atoms with Crippen LogP contribution in [0.4, 0.5) is 0 Å². The number of amides is 1. The summed E-state index contributed by atoms with van der Waals surface area (Å²) in [6.07, 6.45) is 5.04. The van der Waals surface area contributed by atoms with E-state index < -0.39 is 11.4 Å². The van der Waals surface area contributed by atoms with E-state index in [1.807, 2.05) is 30.3 Å². The Bertz CT molecular complexity index is 395. The van der Waals surface area contributed by atoms with Crippen molar-refractivity contribution in [1.29, 1.82) is 0 Å². The number of aliphatic imine (C=N–C) groups is 1. The van der Waals surface area contributed by atoms with E-state index in [2.05, 4.69) is 4.99 Å². The van der Waals surface area contributed by atoms with Crippen LogP contribution in [0.1, 0.15) is 5.56 Å². The lowest BCUT2D eigenvalue weighted by Gasteiger charge is -2.20. The van der Waals surface area contributed by atoms with Crippen LogP contribution >= 0.6 is 0 Å². The molecule has 2 N–H and O–H groups in total. The number of allylic oxidation sites excluding steroid dienone is 1. The third-order valence-electron chi connectivity index (χ3n) is 2.29. The van der Waals surface area contributed by atoms with Crippen molar-refractivity contribution in [2.45, 2.75) is 5.54 Å². The number of benzene rings is 1. The monoisotopic (exact) mass is 186 g/mol. The maximum Gasteiger partial charge on any atom is 0.253 e. The first-order chi connectivity index (χ1) is 6.76. The van der Waals surface area contributed by atoms with Crippen LogP contribution in [0.2, 0.25) is 0 Å². The number of nitrogens with zero attached hydrogens (tertiary/aromatic N) is 1. The first-order valence-corrected chi connectivity index (χ1v) is 4.34. The van der Waals surface area contributed by atoms with Crippen LogP contribution in [0.25, 0.3) is 0 Å². The molecule has 0 fully saturated rings. The molecule has 1 aromatic carbocycles. The second-order valence-electron chi connectivity index (χ2n) is 3.13. The smallest absolute Gasteiger partial charge is 0.253 e. The van der Waals surface area contributed by atoms with Gasteiger partial charge in [0.15, 0.2) is 5.54 Å². The molecule has 1 amide bonds. The molecule has 0 saturated heterocycles. The van der Waals surface area contributed by atoms with E-state index in [1.54, 1.807) is 18.4 Å². The number of carbonyl (C=O) groups is 1. The van der Waals surface area contributed by atoms with E-state index in [-0.39, 0.29) is 0 Å². The van der Waals surface area contributed by atoms with E-state index in [0.717, 1.165) is 5.56 Å². The maximum absolute atomic E-state index is 11.4. The van der Waals surface area contributed by atoms with E-state index in [1.165, 1.54) is 0 Å². The highest BCUT2D eigenvalue weighted by atomic mass is 16.1. The summed E-state index contributed by atoms with van der Waals surface area (Å²) >= 11 is 0. The average molecular weight is 186 g/mol. The fourth-order valence-electron chi connectivity index (χ4n) is 1.54. The Hall–Kier alpha value is -1.90. The lowest BCUT2D eigenvalue weighted by atomic mass is 9.90. The molecule has 3 nitrogen and oxygen atoms in total. The van der Waals surface area contributed by atoms with E-state index in [0.29, 0.717) is 0 Å². The van der Waals surface area contributed by atoms with Crippen molar-refractivity contribution in [2.75, 3.05) is 0 Å². The van der Waals surface area contributed by atoms with Crippen LogP contribution < -0.4 is 5.73 Å². The van der Waals surface area contributed by atoms with Gasteiger partial charge in [-0.2, -0.15) is 0 Å². The first-order valence-electron chi connectivity index (χ1n) is 4.34. The molecule has 70 valence electrons. The van der Waals surface area contributed by atoms with Crippen molar-refractivity contribution in [2.24, 2.45) is 10.7 Å². The summed E-state index contributed by atoms with van der Waals surface area (Å²) in [7, 11) is 0. The van der Waals surface area contributed by atoms with Crippen molar-refractivity contribution in [1.82, 2.24) is 0 Å². The van der Waals surface area contributed by atoms with Crippen molar-refractivity contribution in [3.63, 3.8) is 0 Å². The quantitative estimate of drug-likeness (QED) is 0.736. The van der Waals surface area contributed by atoms with Crippen molar-refractivity contribution in [3.8, 4) is 0 Å². The fraction of sp³-hybridized carbons (Fsp3) is 0.0909. The Kier molecular flexibility index (Phi) is 1.93. The van der Waals surface area contributed by atoms with Gasteiger partial charge in [-0.25, -0.2) is 0 Å². The summed E-state index contributed by atoms with van der Waals surface area (Å²) < 4.78 is 0. The maximum atomic E-state index is 11.4. The van der Waals surface area contributed by atoms with Gasteiger partial charge in [0.05, 0.1) is 0 Å². The van der Waals surface area contributed by atoms with Crippen LogP contribution in [-0.2, 0) is 10.3 Å². The number of primary amides is 1. The molecule has 1 aliphatic heterocycles. The molecule has 3 heteroatoms. The highest BCUT2D eigenvalue weighted by Gasteiger charge is 2.36. The van der Waals surface area contributed by atoms with E-state index in [9.17, 15) is 4.79 Å². The van der Waals surface area contributed by atoms with Crippen molar-refractivity contribution < 1.29 is 4.79 Å². The molecule has 14 heavy (non-hydrogen) atoms. The zero-order valence-electron chi connectivity index (χ0n) is 7.55. The highest BCUT2D eigenvalue weighted by molar-refractivity contribution is 5.94. The Morgan fingerprint density at radius 3 is 2.50 bits per heavy atom. The molecule has 0 spiro atoms. The Morgan fingerprint density at radius 1 is 1.29 bits per heavy atom. The van der Waals surface area contributed by atoms with Gasteiger partial charge in [-0.05, 0) is 17.7 Å². The van der Waals surface area contributed by atoms with Gasteiger partial charge in [0.1, 0.15) is 0 Å². The molecule has 0 aromatic heterocycles. The molecule has 1 unspecified atom stereocenters. The SMILES string of the molecule is NC(=O)C1(c2ccccc2)C=CC=N1. The van der Waals surface area contributed by atoms with Gasteiger partial charge >= 0.3 is 0 Å². The molecule has 1 atom stereocenters. The van der Waals surface area contributed by atoms with Crippen LogP contribution in [-0.4, -0.2) is 12.1 Å². The van der Waals surface area contributed by atoms with Gasteiger partial charge in [0, 0.05) is 6.21 Å². The van der Waals surface area contributed by atoms with Crippen molar-refractivity contribution in [3.05, 3.63) is 48.0 Å². The molecular weight excluding hydrogens is 176 g/mol. The molecule has 0 bridgehead atoms. The highest BCUT2D eigenvalue weighted by Crippen LogP contribution is 2.29. The van der Waals surface area contributed by atoms with E-state index >= 15 is 0 Å². The predicted octanol–water partition coefficient (Wildman–Crippen LogP) is 1.01. The molecule has 2 rings (SSSR count). The topological polar surface area (TPSA) is 55.5 Å². The molecular formula is C11H10N2O. The van der Waals surface area contributed by atoms with Gasteiger partial charge in [-0.15, -0.1) is 0 Å². The second-order valence-corrected chi connectivity index (χ2v) is 3.13. The third-order valence-corrected chi connectivity index (χ3v) is 2.29. The molecule has 1 aromatic rings. The van der Waals surface area contributed by atoms with Crippen molar-refractivity contribution >= 4 is 12.1 Å². The summed E-state index contributed by atoms with van der Waals surface area (Å²) in [4.78, 5) is 15.5. The number of carbonyl (C=O) groups excluding carboxylic acids is 1.